The number of nitrogens with zero attached hydrogens (tertiary/aromatic N) is 4. The first-order chi connectivity index (χ1) is 15.7. The average Bonchev–Trinajstić information content (AvgIpc) is 3.42. The Morgan fingerprint density at radius 3 is 2.81 bits per heavy atom. The molecule has 8 nitrogen and oxygen atoms in total. The van der Waals surface area contributed by atoms with Gasteiger partial charge in [0.05, 0.1) is 25.8 Å². The maximum absolute atomic E-state index is 13.1. The molecule has 32 heavy (non-hydrogen) atoms. The van der Waals surface area contributed by atoms with Crippen molar-refractivity contribution in [3.05, 3.63) is 83.6 Å². The second kappa shape index (κ2) is 8.66. The maximum Gasteiger partial charge on any atom is 0.255 e. The molecule has 0 bridgehead atoms. The number of ether oxygens (including phenoxy) is 1. The molecule has 0 aliphatic heterocycles. The van der Waals surface area contributed by atoms with E-state index in [4.69, 9.17) is 14.4 Å². The van der Waals surface area contributed by atoms with E-state index in [1.807, 2.05) is 54.6 Å². The van der Waals surface area contributed by atoms with E-state index in [0.717, 1.165) is 29.8 Å². The molecule has 2 aromatic carbocycles. The van der Waals surface area contributed by atoms with Crippen LogP contribution >= 0.6 is 0 Å². The molecular formula is C24H23N5O3. The van der Waals surface area contributed by atoms with Crippen LogP contribution in [0.1, 0.15) is 46.4 Å². The number of carbonyl (C=O) groups excluding carboxylic acids is 1. The summed E-state index contributed by atoms with van der Waals surface area (Å²) in [6.45, 7) is 0.722. The molecule has 4 aromatic rings. The third-order valence-electron chi connectivity index (χ3n) is 5.36. The zero-order chi connectivity index (χ0) is 21.9. The quantitative estimate of drug-likeness (QED) is 0.458. The standard InChI is InChI=1S/C24H23N5O3/c1-31-19-9-5-8-18(12-19)22-20(15-29(27-22)14-16-6-3-2-4-7-16)24(30)25-13-21-26-23(28-32-21)17-10-11-17/h2-9,12,15,17H,10-11,13-14H2,1H3,(H,25,30). The fourth-order valence-corrected chi connectivity index (χ4v) is 3.52. The number of hydrogen-bond acceptors (Lipinski definition) is 6. The van der Waals surface area contributed by atoms with Gasteiger partial charge in [-0.1, -0.05) is 47.6 Å². The highest BCUT2D eigenvalue weighted by Gasteiger charge is 2.29. The monoisotopic (exact) mass is 429 g/mol. The Kier molecular flexibility index (Phi) is 5.41. The summed E-state index contributed by atoms with van der Waals surface area (Å²) in [7, 11) is 1.61. The van der Waals surface area contributed by atoms with Crippen LogP contribution in [0.2, 0.25) is 0 Å². The third kappa shape index (κ3) is 4.39. The topological polar surface area (TPSA) is 95.1 Å². The van der Waals surface area contributed by atoms with Crippen LogP contribution in [0.25, 0.3) is 11.3 Å². The lowest BCUT2D eigenvalue weighted by molar-refractivity contribution is 0.0947. The van der Waals surface area contributed by atoms with E-state index in [1.54, 1.807) is 18.0 Å². The molecular weight excluding hydrogens is 406 g/mol. The lowest BCUT2D eigenvalue weighted by Crippen LogP contribution is -2.23. The van der Waals surface area contributed by atoms with Gasteiger partial charge in [-0.25, -0.2) is 0 Å². The number of methoxy groups -OCH3 is 1. The molecule has 2 aromatic heterocycles. The molecule has 8 heteroatoms. The Morgan fingerprint density at radius 2 is 2.03 bits per heavy atom. The molecule has 0 atom stereocenters. The highest BCUT2D eigenvalue weighted by Crippen LogP contribution is 2.38. The zero-order valence-corrected chi connectivity index (χ0v) is 17.7. The van der Waals surface area contributed by atoms with Gasteiger partial charge in [0.25, 0.3) is 5.91 Å². The summed E-state index contributed by atoms with van der Waals surface area (Å²) in [6, 6.07) is 17.5. The molecule has 1 N–H and O–H groups in total. The molecule has 0 radical (unpaired) electrons. The Hall–Kier alpha value is -3.94. The fourth-order valence-electron chi connectivity index (χ4n) is 3.52. The molecule has 1 saturated carbocycles. The molecule has 1 aliphatic rings. The molecule has 1 fully saturated rings. The summed E-state index contributed by atoms with van der Waals surface area (Å²) in [5, 5.41) is 11.6. The van der Waals surface area contributed by atoms with Crippen molar-refractivity contribution in [1.82, 2.24) is 25.2 Å². The summed E-state index contributed by atoms with van der Waals surface area (Å²) in [4.78, 5) is 17.5. The van der Waals surface area contributed by atoms with Crippen LogP contribution in [0.4, 0.5) is 0 Å². The summed E-state index contributed by atoms with van der Waals surface area (Å²) >= 11 is 0. The maximum atomic E-state index is 13.1. The molecule has 0 unspecified atom stereocenters. The summed E-state index contributed by atoms with van der Waals surface area (Å²) < 4.78 is 12.4. The van der Waals surface area contributed by atoms with Crippen molar-refractivity contribution in [1.29, 1.82) is 0 Å². The van der Waals surface area contributed by atoms with E-state index >= 15 is 0 Å². The van der Waals surface area contributed by atoms with Gasteiger partial charge in [-0.05, 0) is 30.5 Å². The van der Waals surface area contributed by atoms with Crippen molar-refractivity contribution in [2.75, 3.05) is 7.11 Å². The van der Waals surface area contributed by atoms with Gasteiger partial charge in [0.1, 0.15) is 11.4 Å². The molecule has 0 saturated heterocycles. The van der Waals surface area contributed by atoms with Crippen molar-refractivity contribution in [2.45, 2.75) is 31.8 Å². The van der Waals surface area contributed by atoms with Crippen LogP contribution in [0.5, 0.6) is 5.75 Å². The van der Waals surface area contributed by atoms with Crippen molar-refractivity contribution in [2.24, 2.45) is 0 Å². The average molecular weight is 429 g/mol. The van der Waals surface area contributed by atoms with Crippen LogP contribution < -0.4 is 10.1 Å². The smallest absolute Gasteiger partial charge is 0.255 e. The van der Waals surface area contributed by atoms with Crippen molar-refractivity contribution < 1.29 is 14.1 Å². The predicted molar refractivity (Wildman–Crippen MR) is 117 cm³/mol. The number of hydrogen-bond donors (Lipinski definition) is 1. The number of nitrogens with one attached hydrogen (secondary N) is 1. The van der Waals surface area contributed by atoms with Crippen LogP contribution in [0, 0.1) is 0 Å². The van der Waals surface area contributed by atoms with E-state index in [9.17, 15) is 4.79 Å². The highest BCUT2D eigenvalue weighted by molar-refractivity contribution is 5.99. The summed E-state index contributed by atoms with van der Waals surface area (Å²) in [5.74, 6) is 1.97. The van der Waals surface area contributed by atoms with Gasteiger partial charge in [-0.2, -0.15) is 10.1 Å². The largest absolute Gasteiger partial charge is 0.497 e. The Bertz CT molecular complexity index is 1230. The zero-order valence-electron chi connectivity index (χ0n) is 17.7. The number of rotatable bonds is 8. The van der Waals surface area contributed by atoms with Crippen LogP contribution in [-0.4, -0.2) is 32.9 Å². The fraction of sp³-hybridized carbons (Fsp3) is 0.250. The molecule has 162 valence electrons. The number of amides is 1. The second-order valence-corrected chi connectivity index (χ2v) is 7.81. The van der Waals surface area contributed by atoms with Gasteiger partial charge >= 0.3 is 0 Å². The van der Waals surface area contributed by atoms with E-state index in [1.165, 1.54) is 0 Å². The van der Waals surface area contributed by atoms with Gasteiger partial charge in [0.15, 0.2) is 5.82 Å². The lowest BCUT2D eigenvalue weighted by atomic mass is 10.1. The molecule has 1 amide bonds. The van der Waals surface area contributed by atoms with Gasteiger partial charge in [-0.3, -0.25) is 9.48 Å². The first kappa shape index (κ1) is 20.0. The lowest BCUT2D eigenvalue weighted by Gasteiger charge is -2.05. The number of benzene rings is 2. The SMILES string of the molecule is COc1cccc(-c2nn(Cc3ccccc3)cc2C(=O)NCc2nc(C3CC3)no2)c1. The van der Waals surface area contributed by atoms with Crippen molar-refractivity contribution in [3.63, 3.8) is 0 Å². The first-order valence-electron chi connectivity index (χ1n) is 10.6. The second-order valence-electron chi connectivity index (χ2n) is 7.81. The van der Waals surface area contributed by atoms with Crippen molar-refractivity contribution in [3.8, 4) is 17.0 Å². The minimum atomic E-state index is -0.256. The van der Waals surface area contributed by atoms with Gasteiger partial charge in [0.2, 0.25) is 5.89 Å². The Morgan fingerprint density at radius 1 is 1.19 bits per heavy atom. The predicted octanol–water partition coefficient (Wildman–Crippen LogP) is 3.80. The van der Waals surface area contributed by atoms with Gasteiger partial charge in [0, 0.05) is 17.7 Å². The van der Waals surface area contributed by atoms with Gasteiger partial charge in [-0.15, -0.1) is 0 Å². The van der Waals surface area contributed by atoms with Crippen LogP contribution in [0.3, 0.4) is 0 Å². The molecule has 0 spiro atoms. The number of carbonyl (C=O) groups is 1. The Balaban J connectivity index is 1.40. The first-order valence-corrected chi connectivity index (χ1v) is 10.6. The minimum Gasteiger partial charge on any atom is -0.497 e. The minimum absolute atomic E-state index is 0.167. The molecule has 5 rings (SSSR count). The van der Waals surface area contributed by atoms with Crippen LogP contribution in [-0.2, 0) is 13.1 Å². The van der Waals surface area contributed by atoms with E-state index in [0.29, 0.717) is 35.4 Å². The molecule has 2 heterocycles. The molecule has 1 aliphatic carbocycles. The summed E-state index contributed by atoms with van der Waals surface area (Å²) in [6.07, 6.45) is 3.95. The highest BCUT2D eigenvalue weighted by atomic mass is 16.5. The van der Waals surface area contributed by atoms with Crippen molar-refractivity contribution >= 4 is 5.91 Å². The van der Waals surface area contributed by atoms with E-state index in [-0.39, 0.29) is 12.5 Å². The summed E-state index contributed by atoms with van der Waals surface area (Å²) in [5.41, 5.74) is 2.95. The van der Waals surface area contributed by atoms with E-state index in [2.05, 4.69) is 15.5 Å². The number of aromatic nitrogens is 4. The van der Waals surface area contributed by atoms with Gasteiger partial charge < -0.3 is 14.6 Å². The third-order valence-corrected chi connectivity index (χ3v) is 5.36. The van der Waals surface area contributed by atoms with E-state index < -0.39 is 0 Å². The van der Waals surface area contributed by atoms with Crippen LogP contribution in [0.15, 0.2) is 65.3 Å². The Labute approximate surface area is 185 Å². The normalized spacial score (nSPS) is 13.2.